The Morgan fingerprint density at radius 2 is 2.00 bits per heavy atom. The molecule has 0 saturated heterocycles. The summed E-state index contributed by atoms with van der Waals surface area (Å²) in [6.45, 7) is 5.54. The number of nitrogens with zero attached hydrogens (tertiary/aromatic N) is 1. The first-order chi connectivity index (χ1) is 12.9. The van der Waals surface area contributed by atoms with E-state index in [-0.39, 0.29) is 18.6 Å². The van der Waals surface area contributed by atoms with E-state index in [0.29, 0.717) is 22.2 Å². The zero-order chi connectivity index (χ0) is 19.8. The van der Waals surface area contributed by atoms with Crippen molar-refractivity contribution in [3.8, 4) is 11.5 Å². The third-order valence-corrected chi connectivity index (χ3v) is 3.72. The number of methoxy groups -OCH3 is 1. The number of nitrogens with one attached hydrogen (secondary N) is 1. The van der Waals surface area contributed by atoms with Crippen LogP contribution in [0.4, 0.5) is 5.69 Å². The molecule has 0 radical (unpaired) electrons. The number of hydrogen-bond donors (Lipinski definition) is 1. The van der Waals surface area contributed by atoms with Crippen LogP contribution in [-0.2, 0) is 9.63 Å². The van der Waals surface area contributed by atoms with Crippen LogP contribution in [-0.4, -0.2) is 31.9 Å². The van der Waals surface area contributed by atoms with Gasteiger partial charge in [0.2, 0.25) is 0 Å². The Balaban J connectivity index is 1.88. The molecular formula is C20H23ClN2O4. The summed E-state index contributed by atoms with van der Waals surface area (Å²) in [5.74, 6) is 0.947. The fourth-order valence-corrected chi connectivity index (χ4v) is 2.49. The number of rotatable bonds is 8. The smallest absolute Gasteiger partial charge is 0.265 e. The highest BCUT2D eigenvalue weighted by Gasteiger charge is 2.08. The predicted molar refractivity (Wildman–Crippen MR) is 107 cm³/mol. The van der Waals surface area contributed by atoms with Crippen LogP contribution in [0.15, 0.2) is 41.6 Å². The third kappa shape index (κ3) is 6.49. The first-order valence-electron chi connectivity index (χ1n) is 8.45. The van der Waals surface area contributed by atoms with Gasteiger partial charge in [-0.25, -0.2) is 0 Å². The van der Waals surface area contributed by atoms with Gasteiger partial charge >= 0.3 is 0 Å². The lowest BCUT2D eigenvalue weighted by Gasteiger charge is -2.13. The van der Waals surface area contributed by atoms with Gasteiger partial charge in [-0.15, -0.1) is 0 Å². The Hall–Kier alpha value is -2.73. The van der Waals surface area contributed by atoms with Crippen molar-refractivity contribution in [2.45, 2.75) is 26.9 Å². The number of carbonyl (C=O) groups is 1. The molecule has 0 heterocycles. The highest BCUT2D eigenvalue weighted by atomic mass is 35.5. The van der Waals surface area contributed by atoms with Gasteiger partial charge in [0.25, 0.3) is 5.91 Å². The lowest BCUT2D eigenvalue weighted by Crippen LogP contribution is -2.17. The van der Waals surface area contributed by atoms with E-state index in [1.165, 1.54) is 6.21 Å². The Labute approximate surface area is 164 Å². The molecule has 1 N–H and O–H groups in total. The van der Waals surface area contributed by atoms with E-state index in [4.69, 9.17) is 25.9 Å². The van der Waals surface area contributed by atoms with Gasteiger partial charge in [-0.3, -0.25) is 4.79 Å². The standard InChI is InChI=1S/C20H23ClN2O4/c1-13(2)27-18-8-5-15(10-19(18)25-4)11-22-26-12-20(24)23-17-7-6-16(21)9-14(17)3/h5-11,13H,12H2,1-4H3,(H,23,24)/b22-11-. The molecule has 0 bridgehead atoms. The summed E-state index contributed by atoms with van der Waals surface area (Å²) < 4.78 is 11.0. The Morgan fingerprint density at radius 1 is 1.22 bits per heavy atom. The molecule has 27 heavy (non-hydrogen) atoms. The van der Waals surface area contributed by atoms with Crippen LogP contribution < -0.4 is 14.8 Å². The molecule has 0 aliphatic heterocycles. The van der Waals surface area contributed by atoms with Crippen molar-refractivity contribution in [2.24, 2.45) is 5.16 Å². The number of halogens is 1. The lowest BCUT2D eigenvalue weighted by molar-refractivity contribution is -0.120. The summed E-state index contributed by atoms with van der Waals surface area (Å²) in [6, 6.07) is 10.6. The number of aryl methyl sites for hydroxylation is 1. The van der Waals surface area contributed by atoms with E-state index in [1.807, 2.05) is 26.8 Å². The molecule has 0 aromatic heterocycles. The Bertz CT molecular complexity index is 822. The average molecular weight is 391 g/mol. The largest absolute Gasteiger partial charge is 0.493 e. The monoisotopic (exact) mass is 390 g/mol. The highest BCUT2D eigenvalue weighted by Crippen LogP contribution is 2.28. The molecule has 2 aromatic rings. The van der Waals surface area contributed by atoms with E-state index in [1.54, 1.807) is 37.4 Å². The Morgan fingerprint density at radius 3 is 2.67 bits per heavy atom. The van der Waals surface area contributed by atoms with Gasteiger partial charge in [-0.1, -0.05) is 16.8 Å². The van der Waals surface area contributed by atoms with Crippen molar-refractivity contribution < 1.29 is 19.1 Å². The van der Waals surface area contributed by atoms with Gasteiger partial charge in [-0.2, -0.15) is 0 Å². The minimum atomic E-state index is -0.309. The van der Waals surface area contributed by atoms with Gasteiger partial charge in [0.1, 0.15) is 0 Å². The second-order valence-corrected chi connectivity index (χ2v) is 6.53. The fourth-order valence-electron chi connectivity index (χ4n) is 2.26. The van der Waals surface area contributed by atoms with E-state index in [9.17, 15) is 4.79 Å². The first kappa shape index (κ1) is 20.6. The molecular weight excluding hydrogens is 368 g/mol. The molecule has 6 nitrogen and oxygen atoms in total. The summed E-state index contributed by atoms with van der Waals surface area (Å²) in [5.41, 5.74) is 2.31. The van der Waals surface area contributed by atoms with Crippen LogP contribution in [0, 0.1) is 6.92 Å². The van der Waals surface area contributed by atoms with Crippen LogP contribution in [0.25, 0.3) is 0 Å². The van der Waals surface area contributed by atoms with E-state index < -0.39 is 0 Å². The molecule has 144 valence electrons. The van der Waals surface area contributed by atoms with Crippen LogP contribution in [0.1, 0.15) is 25.0 Å². The normalized spacial score (nSPS) is 10.9. The minimum absolute atomic E-state index is 0.0459. The molecule has 2 aromatic carbocycles. The van der Waals surface area contributed by atoms with Gasteiger partial charge in [0.05, 0.1) is 19.4 Å². The van der Waals surface area contributed by atoms with E-state index >= 15 is 0 Å². The number of hydrogen-bond acceptors (Lipinski definition) is 5. The van der Waals surface area contributed by atoms with Gasteiger partial charge in [0, 0.05) is 16.3 Å². The van der Waals surface area contributed by atoms with Crippen molar-refractivity contribution in [3.63, 3.8) is 0 Å². The van der Waals surface area contributed by atoms with Gasteiger partial charge in [0.15, 0.2) is 18.1 Å². The van der Waals surface area contributed by atoms with Crippen molar-refractivity contribution in [3.05, 3.63) is 52.5 Å². The number of oxime groups is 1. The van der Waals surface area contributed by atoms with Crippen LogP contribution in [0.2, 0.25) is 5.02 Å². The molecule has 0 unspecified atom stereocenters. The molecule has 0 aliphatic carbocycles. The minimum Gasteiger partial charge on any atom is -0.493 e. The average Bonchev–Trinajstić information content (AvgIpc) is 2.61. The van der Waals surface area contributed by atoms with Gasteiger partial charge < -0.3 is 19.6 Å². The van der Waals surface area contributed by atoms with Crippen LogP contribution >= 0.6 is 11.6 Å². The number of anilines is 1. The number of carbonyl (C=O) groups excluding carboxylic acids is 1. The van der Waals surface area contributed by atoms with Crippen molar-refractivity contribution in [1.82, 2.24) is 0 Å². The molecule has 7 heteroatoms. The Kier molecular flexibility index (Phi) is 7.49. The number of benzene rings is 2. The van der Waals surface area contributed by atoms with Crippen molar-refractivity contribution in [2.75, 3.05) is 19.0 Å². The zero-order valence-electron chi connectivity index (χ0n) is 15.8. The van der Waals surface area contributed by atoms with Crippen molar-refractivity contribution in [1.29, 1.82) is 0 Å². The molecule has 0 fully saturated rings. The fraction of sp³-hybridized carbons (Fsp3) is 0.300. The topological polar surface area (TPSA) is 69.2 Å². The maximum atomic E-state index is 11.9. The molecule has 0 saturated carbocycles. The SMILES string of the molecule is COc1cc(/C=N\OCC(=O)Nc2ccc(Cl)cc2C)ccc1OC(C)C. The molecule has 1 amide bonds. The summed E-state index contributed by atoms with van der Waals surface area (Å²) in [5, 5.41) is 7.19. The zero-order valence-corrected chi connectivity index (χ0v) is 16.5. The second kappa shape index (κ2) is 9.83. The third-order valence-electron chi connectivity index (χ3n) is 3.48. The first-order valence-corrected chi connectivity index (χ1v) is 8.83. The van der Waals surface area contributed by atoms with Crippen LogP contribution in [0.3, 0.4) is 0 Å². The highest BCUT2D eigenvalue weighted by molar-refractivity contribution is 6.30. The quantitative estimate of drug-likeness (QED) is 0.534. The maximum Gasteiger partial charge on any atom is 0.265 e. The summed E-state index contributed by atoms with van der Waals surface area (Å²) in [7, 11) is 1.57. The molecule has 0 spiro atoms. The van der Waals surface area contributed by atoms with Gasteiger partial charge in [-0.05, 0) is 62.7 Å². The van der Waals surface area contributed by atoms with E-state index in [2.05, 4.69) is 10.5 Å². The predicted octanol–water partition coefficient (Wildman–Crippen LogP) is 4.43. The van der Waals surface area contributed by atoms with Crippen molar-refractivity contribution >= 4 is 29.4 Å². The molecule has 0 aliphatic rings. The molecule has 0 atom stereocenters. The summed E-state index contributed by atoms with van der Waals surface area (Å²) >= 11 is 5.90. The van der Waals surface area contributed by atoms with E-state index in [0.717, 1.165) is 11.1 Å². The summed E-state index contributed by atoms with van der Waals surface area (Å²) in [4.78, 5) is 17.0. The second-order valence-electron chi connectivity index (χ2n) is 6.09. The summed E-state index contributed by atoms with van der Waals surface area (Å²) in [6.07, 6.45) is 1.55. The lowest BCUT2D eigenvalue weighted by atomic mass is 10.2. The molecule has 2 rings (SSSR count). The number of ether oxygens (including phenoxy) is 2. The van der Waals surface area contributed by atoms with Crippen LogP contribution in [0.5, 0.6) is 11.5 Å². The number of amides is 1. The maximum absolute atomic E-state index is 11.9.